The number of rotatable bonds is 5. The van der Waals surface area contributed by atoms with Gasteiger partial charge in [0.05, 0.1) is 26.2 Å². The van der Waals surface area contributed by atoms with Crippen molar-refractivity contribution < 1.29 is 19.1 Å². The Balaban J connectivity index is 1.82. The van der Waals surface area contributed by atoms with E-state index in [4.69, 9.17) is 4.74 Å². The highest BCUT2D eigenvalue weighted by Crippen LogP contribution is 2.13. The first-order chi connectivity index (χ1) is 10.2. The lowest BCUT2D eigenvalue weighted by molar-refractivity contribution is -0.145. The summed E-state index contributed by atoms with van der Waals surface area (Å²) in [6.45, 7) is 1.71. The molecule has 0 saturated carbocycles. The smallest absolute Gasteiger partial charge is 0.306 e. The van der Waals surface area contributed by atoms with Crippen LogP contribution in [0.3, 0.4) is 0 Å². The van der Waals surface area contributed by atoms with Crippen LogP contribution in [0.25, 0.3) is 0 Å². The fourth-order valence-corrected chi connectivity index (χ4v) is 2.42. The number of nitrogens with zero attached hydrogens (tertiary/aromatic N) is 1. The van der Waals surface area contributed by atoms with Crippen LogP contribution < -0.4 is 0 Å². The number of benzene rings is 1. The molecule has 0 aromatic heterocycles. The molecule has 1 aliphatic heterocycles. The molecule has 1 aliphatic rings. The second-order valence-electron chi connectivity index (χ2n) is 5.10. The van der Waals surface area contributed by atoms with Crippen molar-refractivity contribution in [3.63, 3.8) is 0 Å². The van der Waals surface area contributed by atoms with Gasteiger partial charge in [0.1, 0.15) is 0 Å². The molecule has 21 heavy (non-hydrogen) atoms. The van der Waals surface area contributed by atoms with E-state index < -0.39 is 0 Å². The topological polar surface area (TPSA) is 55.8 Å². The Morgan fingerprint density at radius 1 is 1.29 bits per heavy atom. The SMILES string of the molecule is COC(=O)CCC(=O)N1CCO[C@@H](Cc2ccccc2)C1. The number of esters is 1. The molecule has 0 aliphatic carbocycles. The van der Waals surface area contributed by atoms with Crippen molar-refractivity contribution in [2.24, 2.45) is 0 Å². The number of hydrogen-bond donors (Lipinski definition) is 0. The van der Waals surface area contributed by atoms with Crippen LogP contribution in [-0.4, -0.2) is 49.7 Å². The first-order valence-corrected chi connectivity index (χ1v) is 7.19. The molecule has 5 nitrogen and oxygen atoms in total. The van der Waals surface area contributed by atoms with Crippen molar-refractivity contribution in [2.75, 3.05) is 26.8 Å². The average molecular weight is 291 g/mol. The van der Waals surface area contributed by atoms with E-state index >= 15 is 0 Å². The first-order valence-electron chi connectivity index (χ1n) is 7.19. The Kier molecular flexibility index (Phi) is 5.75. The lowest BCUT2D eigenvalue weighted by Crippen LogP contribution is -2.46. The van der Waals surface area contributed by atoms with Crippen LogP contribution in [0, 0.1) is 0 Å². The molecular weight excluding hydrogens is 270 g/mol. The molecule has 114 valence electrons. The van der Waals surface area contributed by atoms with Crippen molar-refractivity contribution in [3.8, 4) is 0 Å². The van der Waals surface area contributed by atoms with Gasteiger partial charge in [0.15, 0.2) is 0 Å². The van der Waals surface area contributed by atoms with Crippen LogP contribution in [0.5, 0.6) is 0 Å². The number of carbonyl (C=O) groups excluding carboxylic acids is 2. The van der Waals surface area contributed by atoms with Crippen LogP contribution in [-0.2, 0) is 25.5 Å². The summed E-state index contributed by atoms with van der Waals surface area (Å²) in [5.74, 6) is -0.362. The van der Waals surface area contributed by atoms with E-state index in [1.54, 1.807) is 4.90 Å². The van der Waals surface area contributed by atoms with Gasteiger partial charge in [0.2, 0.25) is 5.91 Å². The first kappa shape index (κ1) is 15.5. The molecule has 0 radical (unpaired) electrons. The highest BCUT2D eigenvalue weighted by molar-refractivity contribution is 5.81. The van der Waals surface area contributed by atoms with Gasteiger partial charge in [-0.15, -0.1) is 0 Å². The highest BCUT2D eigenvalue weighted by Gasteiger charge is 2.24. The molecule has 1 amide bonds. The summed E-state index contributed by atoms with van der Waals surface area (Å²) in [6, 6.07) is 10.1. The maximum absolute atomic E-state index is 12.1. The van der Waals surface area contributed by atoms with Crippen molar-refractivity contribution in [2.45, 2.75) is 25.4 Å². The second-order valence-corrected chi connectivity index (χ2v) is 5.10. The summed E-state index contributed by atoms with van der Waals surface area (Å²) in [7, 11) is 1.33. The van der Waals surface area contributed by atoms with Gasteiger partial charge in [-0.05, 0) is 5.56 Å². The van der Waals surface area contributed by atoms with Crippen LogP contribution in [0.1, 0.15) is 18.4 Å². The van der Waals surface area contributed by atoms with Gasteiger partial charge < -0.3 is 14.4 Å². The molecule has 0 bridgehead atoms. The summed E-state index contributed by atoms with van der Waals surface area (Å²) < 4.78 is 10.3. The Bertz CT molecular complexity index is 474. The van der Waals surface area contributed by atoms with Crippen molar-refractivity contribution in [1.29, 1.82) is 0 Å². The molecule has 1 heterocycles. The minimum atomic E-state index is -0.350. The molecule has 1 fully saturated rings. The van der Waals surface area contributed by atoms with Crippen LogP contribution in [0.2, 0.25) is 0 Å². The van der Waals surface area contributed by atoms with E-state index in [1.165, 1.54) is 12.7 Å². The van der Waals surface area contributed by atoms with Gasteiger partial charge in [-0.1, -0.05) is 30.3 Å². The molecule has 0 N–H and O–H groups in total. The third-order valence-corrected chi connectivity index (χ3v) is 3.57. The van der Waals surface area contributed by atoms with Gasteiger partial charge in [-0.25, -0.2) is 0 Å². The molecule has 2 rings (SSSR count). The predicted molar refractivity (Wildman–Crippen MR) is 77.7 cm³/mol. The molecule has 1 atom stereocenters. The maximum Gasteiger partial charge on any atom is 0.306 e. The standard InChI is InChI=1S/C16H21NO4/c1-20-16(19)8-7-15(18)17-9-10-21-14(12-17)11-13-5-3-2-4-6-13/h2-6,14H,7-12H2,1H3/t14-/m0/s1. The number of carbonyl (C=O) groups is 2. The lowest BCUT2D eigenvalue weighted by atomic mass is 10.1. The van der Waals surface area contributed by atoms with E-state index in [0.717, 1.165) is 6.42 Å². The van der Waals surface area contributed by atoms with E-state index in [0.29, 0.717) is 19.7 Å². The second kappa shape index (κ2) is 7.78. The third-order valence-electron chi connectivity index (χ3n) is 3.57. The largest absolute Gasteiger partial charge is 0.469 e. The monoisotopic (exact) mass is 291 g/mol. The molecule has 1 saturated heterocycles. The summed E-state index contributed by atoms with van der Waals surface area (Å²) in [5.41, 5.74) is 1.20. The van der Waals surface area contributed by atoms with E-state index in [-0.39, 0.29) is 30.8 Å². The number of ether oxygens (including phenoxy) is 2. The van der Waals surface area contributed by atoms with Crippen molar-refractivity contribution >= 4 is 11.9 Å². The van der Waals surface area contributed by atoms with Crippen molar-refractivity contribution in [1.82, 2.24) is 4.90 Å². The Morgan fingerprint density at radius 2 is 2.05 bits per heavy atom. The molecule has 1 aromatic rings. The quantitative estimate of drug-likeness (QED) is 0.770. The van der Waals surface area contributed by atoms with Crippen molar-refractivity contribution in [3.05, 3.63) is 35.9 Å². The number of methoxy groups -OCH3 is 1. The number of hydrogen-bond acceptors (Lipinski definition) is 4. The van der Waals surface area contributed by atoms with E-state index in [9.17, 15) is 9.59 Å². The van der Waals surface area contributed by atoms with Crippen LogP contribution >= 0.6 is 0 Å². The zero-order chi connectivity index (χ0) is 15.1. The van der Waals surface area contributed by atoms with Crippen LogP contribution in [0.4, 0.5) is 0 Å². The highest BCUT2D eigenvalue weighted by atomic mass is 16.5. The fourth-order valence-electron chi connectivity index (χ4n) is 2.42. The zero-order valence-electron chi connectivity index (χ0n) is 12.3. The van der Waals surface area contributed by atoms with Gasteiger partial charge in [0.25, 0.3) is 0 Å². The summed E-state index contributed by atoms with van der Waals surface area (Å²) in [4.78, 5) is 24.9. The Labute approximate surface area is 124 Å². The zero-order valence-corrected chi connectivity index (χ0v) is 12.3. The third kappa shape index (κ3) is 4.86. The number of morpholine rings is 1. The molecule has 1 aromatic carbocycles. The molecule has 5 heteroatoms. The van der Waals surface area contributed by atoms with Gasteiger partial charge in [0, 0.05) is 25.9 Å². The molecule has 0 unspecified atom stereocenters. The predicted octanol–water partition coefficient (Wildman–Crippen LogP) is 1.41. The molecular formula is C16H21NO4. The minimum Gasteiger partial charge on any atom is -0.469 e. The van der Waals surface area contributed by atoms with Gasteiger partial charge >= 0.3 is 5.97 Å². The summed E-state index contributed by atoms with van der Waals surface area (Å²) in [6.07, 6.45) is 1.14. The van der Waals surface area contributed by atoms with Gasteiger partial charge in [-0.2, -0.15) is 0 Å². The number of amides is 1. The lowest BCUT2D eigenvalue weighted by Gasteiger charge is -2.33. The van der Waals surface area contributed by atoms with Crippen LogP contribution in [0.15, 0.2) is 30.3 Å². The van der Waals surface area contributed by atoms with E-state index in [1.807, 2.05) is 18.2 Å². The van der Waals surface area contributed by atoms with Gasteiger partial charge in [-0.3, -0.25) is 9.59 Å². The normalized spacial score (nSPS) is 18.3. The fraction of sp³-hybridized carbons (Fsp3) is 0.500. The minimum absolute atomic E-state index is 0.0123. The van der Waals surface area contributed by atoms with E-state index in [2.05, 4.69) is 16.9 Å². The average Bonchev–Trinajstić information content (AvgIpc) is 2.53. The Morgan fingerprint density at radius 3 is 2.76 bits per heavy atom. The summed E-state index contributed by atoms with van der Waals surface area (Å²) >= 11 is 0. The maximum atomic E-state index is 12.1. The summed E-state index contributed by atoms with van der Waals surface area (Å²) in [5, 5.41) is 0. The molecule has 0 spiro atoms. The Hall–Kier alpha value is -1.88.